The third-order valence-corrected chi connectivity index (χ3v) is 6.15. The summed E-state index contributed by atoms with van der Waals surface area (Å²) in [5, 5.41) is 0.541. The first-order valence-electron chi connectivity index (χ1n) is 11.4. The van der Waals surface area contributed by atoms with E-state index in [-0.39, 0.29) is 12.5 Å². The van der Waals surface area contributed by atoms with Gasteiger partial charge in [0.1, 0.15) is 11.5 Å². The van der Waals surface area contributed by atoms with Gasteiger partial charge in [-0.05, 0) is 63.2 Å². The van der Waals surface area contributed by atoms with Crippen LogP contribution in [0, 0.1) is 0 Å². The Kier molecular flexibility index (Phi) is 7.77. The molecule has 35 heavy (non-hydrogen) atoms. The predicted molar refractivity (Wildman–Crippen MR) is 135 cm³/mol. The van der Waals surface area contributed by atoms with Crippen molar-refractivity contribution in [3.8, 4) is 23.0 Å². The maximum absolute atomic E-state index is 13.9. The van der Waals surface area contributed by atoms with Gasteiger partial charge in [-0.2, -0.15) is 0 Å². The highest BCUT2D eigenvalue weighted by molar-refractivity contribution is 7.22. The summed E-state index contributed by atoms with van der Waals surface area (Å²) in [4.78, 5) is 20.2. The van der Waals surface area contributed by atoms with Crippen molar-refractivity contribution in [3.05, 3.63) is 60.1 Å². The van der Waals surface area contributed by atoms with Crippen molar-refractivity contribution in [1.82, 2.24) is 4.98 Å². The number of benzene rings is 2. The van der Waals surface area contributed by atoms with Crippen molar-refractivity contribution in [2.75, 3.05) is 31.8 Å². The number of hydrogen-bond donors (Lipinski definition) is 0. The minimum absolute atomic E-state index is 0.212. The third kappa shape index (κ3) is 5.35. The zero-order valence-electron chi connectivity index (χ0n) is 20.2. The first-order chi connectivity index (χ1) is 17.1. The highest BCUT2D eigenvalue weighted by Gasteiger charge is 2.26. The van der Waals surface area contributed by atoms with Gasteiger partial charge in [0.05, 0.1) is 50.0 Å². The molecule has 0 radical (unpaired) electrons. The Morgan fingerprint density at radius 1 is 1.00 bits per heavy atom. The number of furan rings is 1. The van der Waals surface area contributed by atoms with Gasteiger partial charge < -0.3 is 23.4 Å². The molecule has 184 valence electrons. The highest BCUT2D eigenvalue weighted by atomic mass is 32.1. The topological polar surface area (TPSA) is 83.3 Å². The number of carbonyl (C=O) groups excluding carboxylic acids is 1. The van der Waals surface area contributed by atoms with Gasteiger partial charge in [-0.25, -0.2) is 4.98 Å². The van der Waals surface area contributed by atoms with Gasteiger partial charge in [0.15, 0.2) is 16.6 Å². The van der Waals surface area contributed by atoms with E-state index in [0.29, 0.717) is 53.5 Å². The fourth-order valence-corrected chi connectivity index (χ4v) is 4.58. The lowest BCUT2D eigenvalue weighted by Crippen LogP contribution is -2.30. The van der Waals surface area contributed by atoms with E-state index < -0.39 is 0 Å². The Morgan fingerprint density at radius 2 is 1.71 bits per heavy atom. The lowest BCUT2D eigenvalue weighted by Gasteiger charge is -2.21. The maximum atomic E-state index is 13.9. The molecular weight excluding hydrogens is 468 g/mol. The van der Waals surface area contributed by atoms with E-state index in [2.05, 4.69) is 0 Å². The number of thiazole rings is 1. The van der Waals surface area contributed by atoms with Crippen LogP contribution < -0.4 is 23.8 Å². The van der Waals surface area contributed by atoms with Crippen molar-refractivity contribution >= 4 is 32.6 Å². The van der Waals surface area contributed by atoms with Gasteiger partial charge in [0.2, 0.25) is 5.75 Å². The van der Waals surface area contributed by atoms with Gasteiger partial charge in [-0.3, -0.25) is 9.69 Å². The number of hydrogen-bond acceptors (Lipinski definition) is 8. The van der Waals surface area contributed by atoms with Crippen molar-refractivity contribution in [1.29, 1.82) is 0 Å². The van der Waals surface area contributed by atoms with E-state index in [1.54, 1.807) is 36.5 Å². The maximum Gasteiger partial charge on any atom is 0.260 e. The minimum Gasteiger partial charge on any atom is -0.497 e. The van der Waals surface area contributed by atoms with E-state index in [0.717, 1.165) is 16.0 Å². The lowest BCUT2D eigenvalue weighted by molar-refractivity contribution is 0.0982. The van der Waals surface area contributed by atoms with E-state index >= 15 is 0 Å². The van der Waals surface area contributed by atoms with Gasteiger partial charge in [-0.15, -0.1) is 0 Å². The minimum atomic E-state index is -0.266. The molecule has 9 heteroatoms. The Bertz CT molecular complexity index is 1260. The molecule has 0 bridgehead atoms. The zero-order chi connectivity index (χ0) is 24.8. The molecule has 8 nitrogen and oxygen atoms in total. The number of carbonyl (C=O) groups is 1. The zero-order valence-corrected chi connectivity index (χ0v) is 21.0. The van der Waals surface area contributed by atoms with Crippen molar-refractivity contribution in [2.24, 2.45) is 0 Å². The molecule has 0 saturated carbocycles. The summed E-state index contributed by atoms with van der Waals surface area (Å²) in [5.74, 6) is 2.49. The van der Waals surface area contributed by atoms with Crippen LogP contribution >= 0.6 is 11.3 Å². The Hall–Kier alpha value is -3.72. The van der Waals surface area contributed by atoms with Crippen LogP contribution in [0.25, 0.3) is 10.2 Å². The Labute approximate surface area is 208 Å². The van der Waals surface area contributed by atoms with Crippen molar-refractivity contribution in [2.45, 2.75) is 27.3 Å². The normalized spacial score (nSPS) is 10.9. The molecule has 2 aromatic heterocycles. The number of ether oxygens (including phenoxy) is 4. The number of fused-ring (bicyclic) bond motifs is 1. The second-order valence-electron chi connectivity index (χ2n) is 7.40. The molecule has 4 rings (SSSR count). The lowest BCUT2D eigenvalue weighted by atomic mass is 10.1. The van der Waals surface area contributed by atoms with Gasteiger partial charge in [-0.1, -0.05) is 11.3 Å². The van der Waals surface area contributed by atoms with Crippen LogP contribution in [0.2, 0.25) is 0 Å². The molecule has 0 aliphatic heterocycles. The number of rotatable bonds is 11. The summed E-state index contributed by atoms with van der Waals surface area (Å²) in [6.45, 7) is 7.12. The van der Waals surface area contributed by atoms with Crippen LogP contribution in [0.5, 0.6) is 23.0 Å². The molecule has 2 aromatic carbocycles. The summed E-state index contributed by atoms with van der Waals surface area (Å²) in [5.41, 5.74) is 1.17. The second kappa shape index (κ2) is 11.1. The quantitative estimate of drug-likeness (QED) is 0.254. The van der Waals surface area contributed by atoms with E-state index in [1.165, 1.54) is 11.3 Å². The van der Waals surface area contributed by atoms with Crippen molar-refractivity contribution < 1.29 is 28.2 Å². The SMILES string of the molecule is CCOc1cc(C(=O)N(Cc2ccco2)c2nc3ccc(OC)cc3s2)cc(OCC)c1OCC. The average molecular weight is 497 g/mol. The smallest absolute Gasteiger partial charge is 0.260 e. The number of amides is 1. The van der Waals surface area contributed by atoms with Gasteiger partial charge in [0, 0.05) is 5.56 Å². The molecule has 2 heterocycles. The first kappa shape index (κ1) is 24.4. The van der Waals surface area contributed by atoms with Gasteiger partial charge >= 0.3 is 0 Å². The van der Waals surface area contributed by atoms with E-state index in [9.17, 15) is 4.79 Å². The fourth-order valence-electron chi connectivity index (χ4n) is 3.59. The molecule has 0 aliphatic rings. The molecule has 0 saturated heterocycles. The highest BCUT2D eigenvalue weighted by Crippen LogP contribution is 2.40. The van der Waals surface area contributed by atoms with Gasteiger partial charge in [0.25, 0.3) is 5.91 Å². The van der Waals surface area contributed by atoms with Crippen LogP contribution in [-0.4, -0.2) is 37.8 Å². The number of methoxy groups -OCH3 is 1. The third-order valence-electron chi connectivity index (χ3n) is 5.11. The summed E-state index contributed by atoms with van der Waals surface area (Å²) >= 11 is 1.41. The molecule has 0 spiro atoms. The molecule has 1 amide bonds. The molecule has 0 atom stereocenters. The van der Waals surface area contributed by atoms with Crippen LogP contribution in [0.15, 0.2) is 53.1 Å². The average Bonchev–Trinajstić information content (AvgIpc) is 3.53. The van der Waals surface area contributed by atoms with E-state index in [1.807, 2.05) is 45.0 Å². The van der Waals surface area contributed by atoms with Crippen molar-refractivity contribution in [3.63, 3.8) is 0 Å². The summed E-state index contributed by atoms with van der Waals surface area (Å²) in [6, 6.07) is 12.6. The van der Waals surface area contributed by atoms with Crippen LogP contribution in [0.4, 0.5) is 5.13 Å². The standard InChI is InChI=1S/C26H28N2O6S/c1-5-31-21-13-17(14-22(32-6-2)24(21)33-7-3)25(29)28(16-19-9-8-12-34-19)26-27-20-11-10-18(30-4)15-23(20)35-26/h8-15H,5-7,16H2,1-4H3. The molecule has 0 fully saturated rings. The Morgan fingerprint density at radius 3 is 2.31 bits per heavy atom. The van der Waals surface area contributed by atoms with Crippen LogP contribution in [-0.2, 0) is 6.54 Å². The molecule has 0 unspecified atom stereocenters. The number of aromatic nitrogens is 1. The first-order valence-corrected chi connectivity index (χ1v) is 12.2. The second-order valence-corrected chi connectivity index (χ2v) is 8.41. The summed E-state index contributed by atoms with van der Waals surface area (Å²) in [7, 11) is 1.62. The molecule has 0 N–H and O–H groups in total. The molecule has 0 aliphatic carbocycles. The Balaban J connectivity index is 1.79. The van der Waals surface area contributed by atoms with Crippen LogP contribution in [0.1, 0.15) is 36.9 Å². The largest absolute Gasteiger partial charge is 0.497 e. The summed E-state index contributed by atoms with van der Waals surface area (Å²) < 4.78 is 29.2. The number of nitrogens with zero attached hydrogens (tertiary/aromatic N) is 2. The predicted octanol–water partition coefficient (Wildman–Crippen LogP) is 5.94. The molecular formula is C26H28N2O6S. The monoisotopic (exact) mass is 496 g/mol. The molecule has 4 aromatic rings. The number of anilines is 1. The van der Waals surface area contributed by atoms with Crippen LogP contribution in [0.3, 0.4) is 0 Å². The fraction of sp³-hybridized carbons (Fsp3) is 0.308. The van der Waals surface area contributed by atoms with E-state index in [4.69, 9.17) is 28.3 Å². The summed E-state index contributed by atoms with van der Waals surface area (Å²) in [6.07, 6.45) is 1.58.